The number of hydrogen-bond donors (Lipinski definition) is 2. The van der Waals surface area contributed by atoms with Gasteiger partial charge in [0.05, 0.1) is 0 Å². The topological polar surface area (TPSA) is 78.5 Å². The van der Waals surface area contributed by atoms with Crippen molar-refractivity contribution in [2.45, 2.75) is 44.9 Å². The molecule has 2 rings (SSSR count). The Morgan fingerprint density at radius 3 is 2.52 bits per heavy atom. The van der Waals surface area contributed by atoms with Crippen LogP contribution < -0.4 is 10.6 Å². The van der Waals surface area contributed by atoms with Crippen LogP contribution in [-0.2, 0) is 14.4 Å². The average molecular weight is 295 g/mol. The van der Waals surface area contributed by atoms with Crippen molar-refractivity contribution in [3.63, 3.8) is 0 Å². The lowest BCUT2D eigenvalue weighted by Crippen LogP contribution is -2.33. The van der Waals surface area contributed by atoms with Crippen molar-refractivity contribution in [2.24, 2.45) is 5.92 Å². The molecule has 0 spiro atoms. The third kappa shape index (κ3) is 5.12. The summed E-state index contributed by atoms with van der Waals surface area (Å²) in [5.74, 6) is 0.568. The summed E-state index contributed by atoms with van der Waals surface area (Å²) in [5.41, 5.74) is 0. The summed E-state index contributed by atoms with van der Waals surface area (Å²) in [6.07, 6.45) is 5.15. The summed E-state index contributed by atoms with van der Waals surface area (Å²) in [6, 6.07) is 0. The summed E-state index contributed by atoms with van der Waals surface area (Å²) < 4.78 is 0. The van der Waals surface area contributed by atoms with Crippen molar-refractivity contribution in [3.05, 3.63) is 0 Å². The van der Waals surface area contributed by atoms with Crippen LogP contribution in [0.5, 0.6) is 0 Å². The fourth-order valence-electron chi connectivity index (χ4n) is 2.93. The highest BCUT2D eigenvalue weighted by Crippen LogP contribution is 2.17. The first-order chi connectivity index (χ1) is 10.2. The average Bonchev–Trinajstić information content (AvgIpc) is 2.82. The van der Waals surface area contributed by atoms with Crippen molar-refractivity contribution in [2.75, 3.05) is 26.2 Å². The van der Waals surface area contributed by atoms with Gasteiger partial charge in [-0.3, -0.25) is 19.3 Å². The van der Waals surface area contributed by atoms with Gasteiger partial charge in [-0.05, 0) is 44.7 Å². The zero-order valence-electron chi connectivity index (χ0n) is 12.5. The van der Waals surface area contributed by atoms with Crippen molar-refractivity contribution >= 4 is 17.7 Å². The Hall–Kier alpha value is -1.43. The summed E-state index contributed by atoms with van der Waals surface area (Å²) in [7, 11) is 0. The predicted molar refractivity (Wildman–Crippen MR) is 78.4 cm³/mol. The van der Waals surface area contributed by atoms with Crippen LogP contribution in [0.2, 0.25) is 0 Å². The number of likely N-dealkylation sites (tertiary alicyclic amines) is 1. The molecule has 21 heavy (non-hydrogen) atoms. The molecule has 6 nitrogen and oxygen atoms in total. The summed E-state index contributed by atoms with van der Waals surface area (Å²) in [5, 5.41) is 6.19. The molecule has 0 aromatic heterocycles. The SMILES string of the molecule is O=C(CCC1CCNCC1)NCCCN1C(=O)CCC1=O. The zero-order valence-corrected chi connectivity index (χ0v) is 12.5. The molecule has 0 bridgehead atoms. The summed E-state index contributed by atoms with van der Waals surface area (Å²) in [4.78, 5) is 35.8. The standard InChI is InChI=1S/C15H25N3O3/c19-13(3-2-12-6-9-16-10-7-12)17-8-1-11-18-14(20)4-5-15(18)21/h12,16H,1-11H2,(H,17,19). The van der Waals surface area contributed by atoms with Gasteiger partial charge >= 0.3 is 0 Å². The van der Waals surface area contributed by atoms with Gasteiger partial charge in [0.1, 0.15) is 0 Å². The van der Waals surface area contributed by atoms with Crippen LogP contribution in [0.15, 0.2) is 0 Å². The third-order valence-electron chi connectivity index (χ3n) is 4.27. The van der Waals surface area contributed by atoms with Gasteiger partial charge in [0.15, 0.2) is 0 Å². The van der Waals surface area contributed by atoms with Crippen LogP contribution in [0.25, 0.3) is 0 Å². The van der Waals surface area contributed by atoms with Gasteiger partial charge in [-0.2, -0.15) is 0 Å². The fraction of sp³-hybridized carbons (Fsp3) is 0.800. The Kier molecular flexibility index (Phi) is 6.17. The molecule has 0 radical (unpaired) electrons. The predicted octanol–water partition coefficient (Wildman–Crippen LogP) is 0.422. The highest BCUT2D eigenvalue weighted by atomic mass is 16.2. The van der Waals surface area contributed by atoms with E-state index in [-0.39, 0.29) is 17.7 Å². The molecule has 2 heterocycles. The van der Waals surface area contributed by atoms with Gasteiger partial charge in [0.25, 0.3) is 0 Å². The molecule has 118 valence electrons. The highest BCUT2D eigenvalue weighted by Gasteiger charge is 2.27. The maximum Gasteiger partial charge on any atom is 0.229 e. The third-order valence-corrected chi connectivity index (χ3v) is 4.27. The maximum absolute atomic E-state index is 11.7. The smallest absolute Gasteiger partial charge is 0.229 e. The van der Waals surface area contributed by atoms with Crippen molar-refractivity contribution < 1.29 is 14.4 Å². The minimum Gasteiger partial charge on any atom is -0.356 e. The van der Waals surface area contributed by atoms with Crippen LogP contribution in [0.3, 0.4) is 0 Å². The minimum atomic E-state index is -0.0859. The van der Waals surface area contributed by atoms with E-state index in [9.17, 15) is 14.4 Å². The van der Waals surface area contributed by atoms with E-state index in [2.05, 4.69) is 10.6 Å². The highest BCUT2D eigenvalue weighted by molar-refractivity contribution is 6.01. The van der Waals surface area contributed by atoms with E-state index in [4.69, 9.17) is 0 Å². The second-order valence-electron chi connectivity index (χ2n) is 5.87. The van der Waals surface area contributed by atoms with E-state index < -0.39 is 0 Å². The molecule has 2 aliphatic heterocycles. The fourth-order valence-corrected chi connectivity index (χ4v) is 2.93. The van der Waals surface area contributed by atoms with Crippen molar-refractivity contribution in [3.8, 4) is 0 Å². The molecule has 0 atom stereocenters. The first-order valence-electron chi connectivity index (χ1n) is 7.97. The second-order valence-corrected chi connectivity index (χ2v) is 5.87. The molecular weight excluding hydrogens is 270 g/mol. The van der Waals surface area contributed by atoms with E-state index in [0.29, 0.717) is 44.7 Å². The number of amides is 3. The molecular formula is C15H25N3O3. The van der Waals surface area contributed by atoms with E-state index in [0.717, 1.165) is 32.4 Å². The Bertz CT molecular complexity index is 376. The van der Waals surface area contributed by atoms with E-state index in [1.54, 1.807) is 0 Å². The molecule has 2 aliphatic rings. The molecule has 3 amide bonds. The van der Waals surface area contributed by atoms with Crippen molar-refractivity contribution in [1.29, 1.82) is 0 Å². The lowest BCUT2D eigenvalue weighted by atomic mass is 9.93. The van der Waals surface area contributed by atoms with Crippen LogP contribution in [0.1, 0.15) is 44.9 Å². The molecule has 2 fully saturated rings. The van der Waals surface area contributed by atoms with Crippen LogP contribution in [-0.4, -0.2) is 48.8 Å². The number of nitrogens with one attached hydrogen (secondary N) is 2. The number of nitrogens with zero attached hydrogens (tertiary/aromatic N) is 1. The Labute approximate surface area is 125 Å². The van der Waals surface area contributed by atoms with Crippen LogP contribution in [0.4, 0.5) is 0 Å². The lowest BCUT2D eigenvalue weighted by Gasteiger charge is -2.22. The monoisotopic (exact) mass is 295 g/mol. The Morgan fingerprint density at radius 1 is 1.19 bits per heavy atom. The summed E-state index contributed by atoms with van der Waals surface area (Å²) in [6.45, 7) is 3.07. The minimum absolute atomic E-state index is 0.0765. The molecule has 0 unspecified atom stereocenters. The van der Waals surface area contributed by atoms with Gasteiger partial charge in [-0.15, -0.1) is 0 Å². The van der Waals surface area contributed by atoms with Crippen LogP contribution >= 0.6 is 0 Å². The first-order valence-corrected chi connectivity index (χ1v) is 7.97. The Balaban J connectivity index is 1.52. The van der Waals surface area contributed by atoms with Gasteiger partial charge in [-0.25, -0.2) is 0 Å². The number of carbonyl (C=O) groups is 3. The zero-order chi connectivity index (χ0) is 15.1. The molecule has 6 heteroatoms. The molecule has 2 saturated heterocycles. The first kappa shape index (κ1) is 15.9. The number of carbonyl (C=O) groups excluding carboxylic acids is 3. The van der Waals surface area contributed by atoms with Gasteiger partial charge in [0.2, 0.25) is 17.7 Å². The summed E-state index contributed by atoms with van der Waals surface area (Å²) >= 11 is 0. The quantitative estimate of drug-likeness (QED) is 0.527. The Morgan fingerprint density at radius 2 is 1.86 bits per heavy atom. The number of imide groups is 1. The number of hydrogen-bond acceptors (Lipinski definition) is 4. The van der Waals surface area contributed by atoms with Gasteiger partial charge in [-0.1, -0.05) is 0 Å². The number of piperidine rings is 1. The second kappa shape index (κ2) is 8.12. The lowest BCUT2D eigenvalue weighted by molar-refractivity contribution is -0.138. The molecule has 2 N–H and O–H groups in total. The molecule has 0 aromatic carbocycles. The normalized spacial score (nSPS) is 20.1. The molecule has 0 aromatic rings. The van der Waals surface area contributed by atoms with Gasteiger partial charge < -0.3 is 10.6 Å². The van der Waals surface area contributed by atoms with Gasteiger partial charge in [0, 0.05) is 32.4 Å². The molecule has 0 aliphatic carbocycles. The van der Waals surface area contributed by atoms with E-state index in [1.807, 2.05) is 0 Å². The largest absolute Gasteiger partial charge is 0.356 e. The maximum atomic E-state index is 11.7. The van der Waals surface area contributed by atoms with E-state index >= 15 is 0 Å². The number of rotatable bonds is 7. The molecule has 0 saturated carbocycles. The van der Waals surface area contributed by atoms with Crippen LogP contribution in [0, 0.1) is 5.92 Å². The van der Waals surface area contributed by atoms with Crippen molar-refractivity contribution in [1.82, 2.24) is 15.5 Å². The van der Waals surface area contributed by atoms with E-state index in [1.165, 1.54) is 4.90 Å².